The van der Waals surface area contributed by atoms with E-state index in [9.17, 15) is 9.18 Å². The molecule has 2 aliphatic heterocycles. The lowest BCUT2D eigenvalue weighted by Crippen LogP contribution is -2.50. The molecule has 2 atom stereocenters. The van der Waals surface area contributed by atoms with Crippen LogP contribution in [0.3, 0.4) is 0 Å². The number of hydrogen-bond donors (Lipinski definition) is 0. The normalized spacial score (nSPS) is 21.8. The maximum Gasteiger partial charge on any atom is 0.254 e. The fourth-order valence-electron chi connectivity index (χ4n) is 4.04. The van der Waals surface area contributed by atoms with Gasteiger partial charge in [-0.15, -0.1) is 5.10 Å². The second-order valence-electron chi connectivity index (χ2n) is 7.10. The number of piperidine rings is 1. The second kappa shape index (κ2) is 6.09. The molecule has 0 aliphatic carbocycles. The number of aryl methyl sites for hydroxylation is 1. The molecule has 0 radical (unpaired) electrons. The predicted molar refractivity (Wildman–Crippen MR) is 94.6 cm³/mol. The molecule has 7 nitrogen and oxygen atoms in total. The van der Waals surface area contributed by atoms with E-state index in [4.69, 9.17) is 4.74 Å². The summed E-state index contributed by atoms with van der Waals surface area (Å²) in [5.74, 6) is -0.444. The smallest absolute Gasteiger partial charge is 0.254 e. The Kier molecular flexibility index (Phi) is 3.68. The number of hydrogen-bond acceptors (Lipinski definition) is 5. The molecule has 0 unspecified atom stereocenters. The fourth-order valence-corrected chi connectivity index (χ4v) is 4.04. The van der Waals surface area contributed by atoms with Gasteiger partial charge in [-0.25, -0.2) is 9.07 Å². The van der Waals surface area contributed by atoms with Gasteiger partial charge in [0.2, 0.25) is 0 Å². The molecule has 3 aromatic rings. The minimum Gasteiger partial charge on any atom is -0.370 e. The van der Waals surface area contributed by atoms with Gasteiger partial charge < -0.3 is 9.64 Å². The Morgan fingerprint density at radius 2 is 2.22 bits per heavy atom. The number of rotatable bonds is 1. The molecule has 0 N–H and O–H groups in total. The van der Waals surface area contributed by atoms with E-state index in [-0.39, 0.29) is 23.9 Å². The van der Waals surface area contributed by atoms with E-state index >= 15 is 0 Å². The van der Waals surface area contributed by atoms with Gasteiger partial charge in [-0.05, 0) is 31.5 Å². The molecule has 0 spiro atoms. The van der Waals surface area contributed by atoms with Crippen LogP contribution < -0.4 is 0 Å². The highest BCUT2D eigenvalue weighted by Gasteiger charge is 2.38. The second-order valence-corrected chi connectivity index (χ2v) is 7.10. The summed E-state index contributed by atoms with van der Waals surface area (Å²) in [6.45, 7) is 3.42. The molecular formula is C19H18FN5O2. The minimum atomic E-state index is -0.363. The van der Waals surface area contributed by atoms with Gasteiger partial charge >= 0.3 is 0 Å². The standard InChI is InChI=1S/C19H18FN5O2/c1-11-6-15(14-3-2-12(20)7-16(14)22-11)19(26)24-5-4-18-17(9-24)25-13(10-27-18)8-21-23-25/h2-3,6-8,17-18H,4-5,9-10H2,1H3/t17-,18-/m0/s1. The monoisotopic (exact) mass is 367 g/mol. The summed E-state index contributed by atoms with van der Waals surface area (Å²) >= 11 is 0. The number of carbonyl (C=O) groups is 1. The Balaban J connectivity index is 1.50. The lowest BCUT2D eigenvalue weighted by molar-refractivity contribution is -0.0604. The number of likely N-dealkylation sites (tertiary alicyclic amines) is 1. The van der Waals surface area contributed by atoms with Gasteiger partial charge in [0.25, 0.3) is 5.91 Å². The fraction of sp³-hybridized carbons (Fsp3) is 0.368. The quantitative estimate of drug-likeness (QED) is 0.660. The lowest BCUT2D eigenvalue weighted by atomic mass is 9.98. The molecule has 5 rings (SSSR count). The predicted octanol–water partition coefficient (Wildman–Crippen LogP) is 2.26. The van der Waals surface area contributed by atoms with E-state index in [1.165, 1.54) is 12.1 Å². The molecule has 2 aromatic heterocycles. The SMILES string of the molecule is Cc1cc(C(=O)N2CC[C@@H]3OCc4cnnn4[C@H]3C2)c2ccc(F)cc2n1. The topological polar surface area (TPSA) is 73.1 Å². The number of fused-ring (bicyclic) bond motifs is 4. The molecule has 138 valence electrons. The van der Waals surface area contributed by atoms with Crippen molar-refractivity contribution in [1.29, 1.82) is 0 Å². The van der Waals surface area contributed by atoms with Crippen LogP contribution in [0.4, 0.5) is 4.39 Å². The van der Waals surface area contributed by atoms with Gasteiger partial charge in [0.15, 0.2) is 0 Å². The summed E-state index contributed by atoms with van der Waals surface area (Å²) in [7, 11) is 0. The van der Waals surface area contributed by atoms with Crippen molar-refractivity contribution in [1.82, 2.24) is 24.9 Å². The van der Waals surface area contributed by atoms with Crippen molar-refractivity contribution in [3.63, 3.8) is 0 Å². The third-order valence-corrected chi connectivity index (χ3v) is 5.35. The average molecular weight is 367 g/mol. The molecular weight excluding hydrogens is 349 g/mol. The number of pyridine rings is 1. The highest BCUT2D eigenvalue weighted by molar-refractivity contribution is 6.06. The summed E-state index contributed by atoms with van der Waals surface area (Å²) in [6.07, 6.45) is 2.48. The molecule has 8 heteroatoms. The Morgan fingerprint density at radius 1 is 1.33 bits per heavy atom. The van der Waals surface area contributed by atoms with E-state index < -0.39 is 0 Å². The molecule has 1 aromatic carbocycles. The summed E-state index contributed by atoms with van der Waals surface area (Å²) in [5.41, 5.74) is 2.65. The Labute approximate surface area is 154 Å². The number of aromatic nitrogens is 4. The van der Waals surface area contributed by atoms with Crippen LogP contribution in [-0.4, -0.2) is 50.0 Å². The van der Waals surface area contributed by atoms with E-state index in [1.807, 2.05) is 16.5 Å². The van der Waals surface area contributed by atoms with Crippen LogP contribution in [0, 0.1) is 12.7 Å². The van der Waals surface area contributed by atoms with E-state index in [0.29, 0.717) is 41.9 Å². The van der Waals surface area contributed by atoms with Crippen LogP contribution >= 0.6 is 0 Å². The van der Waals surface area contributed by atoms with Crippen LogP contribution in [0.5, 0.6) is 0 Å². The Morgan fingerprint density at radius 3 is 3.11 bits per heavy atom. The van der Waals surface area contributed by atoms with Crippen LogP contribution in [0.25, 0.3) is 10.9 Å². The molecule has 0 saturated carbocycles. The van der Waals surface area contributed by atoms with Crippen LogP contribution in [0.15, 0.2) is 30.5 Å². The largest absolute Gasteiger partial charge is 0.370 e. The number of nitrogens with zero attached hydrogens (tertiary/aromatic N) is 5. The molecule has 27 heavy (non-hydrogen) atoms. The van der Waals surface area contributed by atoms with E-state index in [0.717, 1.165) is 12.1 Å². The molecule has 0 bridgehead atoms. The van der Waals surface area contributed by atoms with Gasteiger partial charge in [0.1, 0.15) is 5.82 Å². The zero-order chi connectivity index (χ0) is 18.5. The third kappa shape index (κ3) is 2.68. The van der Waals surface area contributed by atoms with Gasteiger partial charge in [-0.1, -0.05) is 5.21 Å². The molecule has 1 fully saturated rings. The lowest BCUT2D eigenvalue weighted by Gasteiger charge is -2.41. The van der Waals surface area contributed by atoms with Gasteiger partial charge in [-0.3, -0.25) is 9.78 Å². The highest BCUT2D eigenvalue weighted by atomic mass is 19.1. The van der Waals surface area contributed by atoms with E-state index in [2.05, 4.69) is 15.3 Å². The minimum absolute atomic E-state index is 0.0354. The summed E-state index contributed by atoms with van der Waals surface area (Å²) in [5, 5.41) is 8.81. The van der Waals surface area contributed by atoms with Crippen LogP contribution in [0.1, 0.15) is 34.2 Å². The maximum atomic E-state index is 13.6. The summed E-state index contributed by atoms with van der Waals surface area (Å²) < 4.78 is 21.4. The van der Waals surface area contributed by atoms with Crippen molar-refractivity contribution in [3.8, 4) is 0 Å². The molecule has 4 heterocycles. The first-order valence-corrected chi connectivity index (χ1v) is 8.97. The number of halogens is 1. The first-order chi connectivity index (χ1) is 13.1. The van der Waals surface area contributed by atoms with Crippen molar-refractivity contribution < 1.29 is 13.9 Å². The summed E-state index contributed by atoms with van der Waals surface area (Å²) in [4.78, 5) is 19.5. The van der Waals surface area contributed by atoms with Crippen molar-refractivity contribution in [3.05, 3.63) is 53.2 Å². The first-order valence-electron chi connectivity index (χ1n) is 8.97. The van der Waals surface area contributed by atoms with Crippen LogP contribution in [0.2, 0.25) is 0 Å². The Hall–Kier alpha value is -2.87. The zero-order valence-electron chi connectivity index (χ0n) is 14.8. The van der Waals surface area contributed by atoms with E-state index in [1.54, 1.807) is 18.3 Å². The van der Waals surface area contributed by atoms with Gasteiger partial charge in [0.05, 0.1) is 41.7 Å². The number of amides is 1. The number of ether oxygens (including phenoxy) is 1. The summed E-state index contributed by atoms with van der Waals surface area (Å²) in [6, 6.07) is 6.07. The number of benzene rings is 1. The van der Waals surface area contributed by atoms with Crippen molar-refractivity contribution >= 4 is 16.8 Å². The first kappa shape index (κ1) is 16.3. The molecule has 1 saturated heterocycles. The maximum absolute atomic E-state index is 13.6. The van der Waals surface area contributed by atoms with Crippen molar-refractivity contribution in [2.75, 3.05) is 13.1 Å². The zero-order valence-corrected chi connectivity index (χ0v) is 14.8. The van der Waals surface area contributed by atoms with Gasteiger partial charge in [-0.2, -0.15) is 0 Å². The average Bonchev–Trinajstić information content (AvgIpc) is 3.15. The van der Waals surface area contributed by atoms with Crippen molar-refractivity contribution in [2.45, 2.75) is 32.1 Å². The van der Waals surface area contributed by atoms with Crippen LogP contribution in [-0.2, 0) is 11.3 Å². The third-order valence-electron chi connectivity index (χ3n) is 5.35. The van der Waals surface area contributed by atoms with Gasteiger partial charge in [0, 0.05) is 30.2 Å². The molecule has 1 amide bonds. The molecule has 2 aliphatic rings. The Bertz CT molecular complexity index is 1040. The number of carbonyl (C=O) groups excluding carboxylic acids is 1. The highest BCUT2D eigenvalue weighted by Crippen LogP contribution is 2.31. The van der Waals surface area contributed by atoms with Crippen molar-refractivity contribution in [2.24, 2.45) is 0 Å².